The Hall–Kier alpha value is -2.85. The number of ether oxygens (including phenoxy) is 2. The molecule has 2 rings (SSSR count). The first-order chi connectivity index (χ1) is 17.7. The summed E-state index contributed by atoms with van der Waals surface area (Å²) in [6.07, 6.45) is 3.87. The van der Waals surface area contributed by atoms with Crippen LogP contribution in [0, 0.1) is 17.7 Å². The molecular weight excluding hydrogens is 525 g/mol. The maximum absolute atomic E-state index is 14.1. The second-order valence-electron chi connectivity index (χ2n) is 8.46. The zero-order valence-corrected chi connectivity index (χ0v) is 22.6. The minimum absolute atomic E-state index is 0.0594. The number of methoxy groups -OCH3 is 1. The summed E-state index contributed by atoms with van der Waals surface area (Å²) in [5.74, 6) is -4.11. The molecule has 0 saturated carbocycles. The van der Waals surface area contributed by atoms with E-state index in [9.17, 15) is 23.0 Å². The molecule has 0 radical (unpaired) electrons. The van der Waals surface area contributed by atoms with E-state index in [0.717, 1.165) is 0 Å². The first-order valence-electron chi connectivity index (χ1n) is 11.8. The fourth-order valence-corrected chi connectivity index (χ4v) is 5.30. The Morgan fingerprint density at radius 3 is 2.70 bits per heavy atom. The summed E-state index contributed by atoms with van der Waals surface area (Å²) >= 11 is 5.43. The molecule has 1 aliphatic carbocycles. The zero-order chi connectivity index (χ0) is 27.4. The third-order valence-electron chi connectivity index (χ3n) is 5.65. The number of carbonyl (C=O) groups excluding carboxylic acids is 3. The molecule has 0 heterocycles. The van der Waals surface area contributed by atoms with Gasteiger partial charge in [-0.25, -0.2) is 4.39 Å². The van der Waals surface area contributed by atoms with E-state index in [1.165, 1.54) is 43.0 Å². The van der Waals surface area contributed by atoms with E-state index in [1.54, 1.807) is 13.0 Å². The molecule has 1 aliphatic rings. The average Bonchev–Trinajstić information content (AvgIpc) is 2.87. The first kappa shape index (κ1) is 30.4. The summed E-state index contributed by atoms with van der Waals surface area (Å²) in [6, 6.07) is 5.77. The van der Waals surface area contributed by atoms with Crippen LogP contribution in [0.2, 0.25) is 0 Å². The van der Waals surface area contributed by atoms with Crippen molar-refractivity contribution in [2.45, 2.75) is 56.1 Å². The number of ketones is 1. The average molecular weight is 556 g/mol. The highest BCUT2D eigenvalue weighted by atomic mass is 35.5. The standard InChI is InChI=1S/C26H31ClFNO7S/c1-4-8-19(29-35-12-7-11-27)15-25(31)36-23-16-20(26(32)34-3)18(14-22(23)30)13-17(2)37(33)24-10-6-5-9-21(24)28/h5-7,9-11,16-18,20H,4,8,12-15H2,1-3H3/t17?,18-,20-,37?/m0/s1. The predicted molar refractivity (Wildman–Crippen MR) is 138 cm³/mol. The maximum Gasteiger partial charge on any atom is 0.317 e. The van der Waals surface area contributed by atoms with Crippen molar-refractivity contribution in [2.24, 2.45) is 17.0 Å². The number of oxime groups is 1. The van der Waals surface area contributed by atoms with Crippen LogP contribution in [0.4, 0.5) is 4.39 Å². The highest BCUT2D eigenvalue weighted by molar-refractivity contribution is 7.85. The lowest BCUT2D eigenvalue weighted by Gasteiger charge is -2.29. The quantitative estimate of drug-likeness (QED) is 0.148. The van der Waals surface area contributed by atoms with Crippen molar-refractivity contribution in [2.75, 3.05) is 13.7 Å². The molecule has 2 unspecified atom stereocenters. The minimum atomic E-state index is -1.70. The van der Waals surface area contributed by atoms with E-state index >= 15 is 0 Å². The van der Waals surface area contributed by atoms with Gasteiger partial charge in [-0.1, -0.05) is 49.2 Å². The fourth-order valence-electron chi connectivity index (χ4n) is 3.90. The van der Waals surface area contributed by atoms with Crippen LogP contribution in [0.15, 0.2) is 57.8 Å². The van der Waals surface area contributed by atoms with Crippen LogP contribution in [0.3, 0.4) is 0 Å². The summed E-state index contributed by atoms with van der Waals surface area (Å²) in [6.45, 7) is 3.71. The number of benzene rings is 1. The van der Waals surface area contributed by atoms with Gasteiger partial charge in [0.15, 0.2) is 11.5 Å². The Morgan fingerprint density at radius 1 is 1.32 bits per heavy atom. The van der Waals surface area contributed by atoms with Crippen molar-refractivity contribution in [1.82, 2.24) is 0 Å². The number of hydrogen-bond donors (Lipinski definition) is 0. The van der Waals surface area contributed by atoms with Crippen LogP contribution in [0.1, 0.15) is 46.0 Å². The third-order valence-corrected chi connectivity index (χ3v) is 7.52. The van der Waals surface area contributed by atoms with Gasteiger partial charge in [0.2, 0.25) is 0 Å². The van der Waals surface area contributed by atoms with Gasteiger partial charge in [0.1, 0.15) is 12.4 Å². The van der Waals surface area contributed by atoms with Gasteiger partial charge in [-0.05, 0) is 43.0 Å². The lowest BCUT2D eigenvalue weighted by atomic mass is 9.79. The molecule has 0 saturated heterocycles. The summed E-state index contributed by atoms with van der Waals surface area (Å²) in [4.78, 5) is 43.0. The van der Waals surface area contributed by atoms with Gasteiger partial charge in [0.25, 0.3) is 0 Å². The van der Waals surface area contributed by atoms with E-state index < -0.39 is 51.4 Å². The molecule has 1 aromatic rings. The summed E-state index contributed by atoms with van der Waals surface area (Å²) < 4.78 is 37.2. The van der Waals surface area contributed by atoms with E-state index in [-0.39, 0.29) is 36.5 Å². The molecule has 1 aromatic carbocycles. The minimum Gasteiger partial charge on any atom is -0.469 e. The molecule has 0 spiro atoms. The molecule has 11 heteroatoms. The Labute approximate surface area is 223 Å². The van der Waals surface area contributed by atoms with Gasteiger partial charge in [-0.3, -0.25) is 18.6 Å². The van der Waals surface area contributed by atoms with Crippen LogP contribution in [-0.4, -0.2) is 46.6 Å². The Bertz CT molecular complexity index is 1090. The maximum atomic E-state index is 14.1. The molecule has 8 nitrogen and oxygen atoms in total. The molecule has 202 valence electrons. The fraction of sp³-hybridized carbons (Fsp3) is 0.462. The Morgan fingerprint density at radius 2 is 2.05 bits per heavy atom. The predicted octanol–water partition coefficient (Wildman–Crippen LogP) is 4.83. The van der Waals surface area contributed by atoms with Crippen molar-refractivity contribution >= 4 is 45.8 Å². The first-order valence-corrected chi connectivity index (χ1v) is 13.5. The Kier molecular flexibility index (Phi) is 12.7. The molecule has 0 bridgehead atoms. The molecule has 0 aromatic heterocycles. The summed E-state index contributed by atoms with van der Waals surface area (Å²) in [7, 11) is -0.484. The van der Waals surface area contributed by atoms with Crippen molar-refractivity contribution in [3.63, 3.8) is 0 Å². The SMILES string of the molecule is CCCC(CC(=O)OC1=C[C@H](C(=O)OC)[C@@H](CC(C)S(=O)c2ccccc2F)CC1=O)=NOCC=CCl. The molecule has 0 aliphatic heterocycles. The van der Waals surface area contributed by atoms with Crippen LogP contribution in [-0.2, 0) is 39.5 Å². The monoisotopic (exact) mass is 555 g/mol. The second kappa shape index (κ2) is 15.4. The second-order valence-corrected chi connectivity index (χ2v) is 10.5. The largest absolute Gasteiger partial charge is 0.469 e. The molecule has 37 heavy (non-hydrogen) atoms. The van der Waals surface area contributed by atoms with Crippen LogP contribution >= 0.6 is 11.6 Å². The van der Waals surface area contributed by atoms with E-state index in [4.69, 9.17) is 25.9 Å². The van der Waals surface area contributed by atoms with Crippen LogP contribution in [0.5, 0.6) is 0 Å². The van der Waals surface area contributed by atoms with Crippen molar-refractivity contribution < 1.29 is 37.3 Å². The van der Waals surface area contributed by atoms with E-state index in [2.05, 4.69) is 5.16 Å². The van der Waals surface area contributed by atoms with Crippen molar-refractivity contribution in [1.29, 1.82) is 0 Å². The van der Waals surface area contributed by atoms with E-state index in [1.807, 2.05) is 6.92 Å². The zero-order valence-electron chi connectivity index (χ0n) is 21.0. The normalized spacial score (nSPS) is 19.8. The number of esters is 2. The van der Waals surface area contributed by atoms with Crippen LogP contribution in [0.25, 0.3) is 0 Å². The number of Topliss-reactive ketones (excluding diaryl/α,β-unsaturated/α-hetero) is 1. The molecule has 0 amide bonds. The molecular formula is C26H31ClFNO7S. The summed E-state index contributed by atoms with van der Waals surface area (Å²) in [5, 5.41) is 3.37. The van der Waals surface area contributed by atoms with Gasteiger partial charge >= 0.3 is 11.9 Å². The number of nitrogens with zero attached hydrogens (tertiary/aromatic N) is 1. The van der Waals surface area contributed by atoms with Crippen molar-refractivity contribution in [3.8, 4) is 0 Å². The number of hydrogen-bond acceptors (Lipinski definition) is 8. The summed E-state index contributed by atoms with van der Waals surface area (Å²) in [5.41, 5.74) is 1.72. The lowest BCUT2D eigenvalue weighted by molar-refractivity contribution is -0.148. The molecule has 0 N–H and O–H groups in total. The highest BCUT2D eigenvalue weighted by Crippen LogP contribution is 2.34. The topological polar surface area (TPSA) is 108 Å². The third kappa shape index (κ3) is 9.19. The molecule has 4 atom stereocenters. The Balaban J connectivity index is 2.14. The number of carbonyl (C=O) groups is 3. The number of allylic oxidation sites excluding steroid dienone is 1. The number of halogens is 2. The van der Waals surface area contributed by atoms with Gasteiger partial charge in [0, 0.05) is 17.2 Å². The van der Waals surface area contributed by atoms with Crippen molar-refractivity contribution in [3.05, 3.63) is 53.5 Å². The molecule has 0 fully saturated rings. The van der Waals surface area contributed by atoms with Crippen LogP contribution < -0.4 is 0 Å². The number of rotatable bonds is 13. The highest BCUT2D eigenvalue weighted by Gasteiger charge is 2.38. The van der Waals surface area contributed by atoms with Gasteiger partial charge in [-0.15, -0.1) is 0 Å². The van der Waals surface area contributed by atoms with Gasteiger partial charge < -0.3 is 14.3 Å². The van der Waals surface area contributed by atoms with Gasteiger partial charge in [0.05, 0.1) is 40.9 Å². The smallest absolute Gasteiger partial charge is 0.317 e. The van der Waals surface area contributed by atoms with Gasteiger partial charge in [-0.2, -0.15) is 0 Å². The van der Waals surface area contributed by atoms with E-state index in [0.29, 0.717) is 18.6 Å². The lowest BCUT2D eigenvalue weighted by Crippen LogP contribution is -2.34.